The summed E-state index contributed by atoms with van der Waals surface area (Å²) in [5.74, 6) is 0.0296. The summed E-state index contributed by atoms with van der Waals surface area (Å²) in [6.45, 7) is 6.63. The van der Waals surface area contributed by atoms with E-state index >= 15 is 0 Å². The van der Waals surface area contributed by atoms with E-state index in [2.05, 4.69) is 45.1 Å². The van der Waals surface area contributed by atoms with Crippen molar-refractivity contribution in [2.24, 2.45) is 0 Å². The molecule has 6 nitrogen and oxygen atoms in total. The lowest BCUT2D eigenvalue weighted by Gasteiger charge is -2.34. The molecule has 0 aliphatic carbocycles. The molecule has 7 heteroatoms. The third kappa shape index (κ3) is 3.47. The number of hydrogen-bond donors (Lipinski definition) is 1. The lowest BCUT2D eigenvalue weighted by atomic mass is 10.2. The van der Waals surface area contributed by atoms with Gasteiger partial charge in [0.05, 0.1) is 32.7 Å². The van der Waals surface area contributed by atoms with Crippen LogP contribution in [0.3, 0.4) is 0 Å². The van der Waals surface area contributed by atoms with Crippen LogP contribution in [0.4, 0.5) is 10.5 Å². The molecule has 4 rings (SSSR count). The zero-order chi connectivity index (χ0) is 18.1. The zero-order valence-corrected chi connectivity index (χ0v) is 16.6. The first-order valence-electron chi connectivity index (χ1n) is 9.59. The standard InChI is InChI=1S/C19H25BrN4O2/c20-15-4-1-5-16(14-15)22-12-10-21(11-13-22)7-3-9-24-18(25)17-6-2-8-23(17)19(24)26/h1,4-5,14,17H,2-3,6-13H2/p+1/t17-/m1/s1. The number of urea groups is 1. The van der Waals surface area contributed by atoms with Gasteiger partial charge in [-0.1, -0.05) is 22.0 Å². The van der Waals surface area contributed by atoms with Crippen molar-refractivity contribution < 1.29 is 14.5 Å². The Morgan fingerprint density at radius 3 is 2.69 bits per heavy atom. The van der Waals surface area contributed by atoms with Gasteiger partial charge in [-0.15, -0.1) is 0 Å². The van der Waals surface area contributed by atoms with Gasteiger partial charge in [-0.25, -0.2) is 4.79 Å². The fraction of sp³-hybridized carbons (Fsp3) is 0.579. The second-order valence-corrected chi connectivity index (χ2v) is 8.36. The largest absolute Gasteiger partial charge is 0.360 e. The number of nitrogens with one attached hydrogen (secondary N) is 1. The molecule has 3 amide bonds. The number of hydrogen-bond acceptors (Lipinski definition) is 3. The van der Waals surface area contributed by atoms with Gasteiger partial charge in [-0.2, -0.15) is 0 Å². The summed E-state index contributed by atoms with van der Waals surface area (Å²) in [5.41, 5.74) is 1.27. The van der Waals surface area contributed by atoms with Crippen LogP contribution < -0.4 is 9.80 Å². The molecular formula is C19H26BrN4O2+. The van der Waals surface area contributed by atoms with Crippen LogP contribution in [0.5, 0.6) is 0 Å². The van der Waals surface area contributed by atoms with Gasteiger partial charge >= 0.3 is 6.03 Å². The number of piperazine rings is 1. The van der Waals surface area contributed by atoms with Crippen LogP contribution >= 0.6 is 15.9 Å². The molecule has 1 N–H and O–H groups in total. The first-order valence-corrected chi connectivity index (χ1v) is 10.4. The molecule has 3 aliphatic rings. The second kappa shape index (κ2) is 7.56. The van der Waals surface area contributed by atoms with Gasteiger partial charge < -0.3 is 14.7 Å². The molecule has 3 heterocycles. The van der Waals surface area contributed by atoms with Crippen LogP contribution in [0.2, 0.25) is 0 Å². The van der Waals surface area contributed by atoms with Crippen LogP contribution in [0.25, 0.3) is 0 Å². The van der Waals surface area contributed by atoms with Crippen molar-refractivity contribution in [1.29, 1.82) is 0 Å². The van der Waals surface area contributed by atoms with Gasteiger partial charge in [-0.05, 0) is 31.0 Å². The SMILES string of the molecule is O=C1[C@H]2CCCN2C(=O)N1CCC[NH+]1CCN(c2cccc(Br)c2)CC1. The minimum atomic E-state index is -0.163. The molecule has 0 radical (unpaired) electrons. The predicted octanol–water partition coefficient (Wildman–Crippen LogP) is 0.971. The maximum absolute atomic E-state index is 12.4. The minimum Gasteiger partial charge on any atom is -0.360 e. The lowest BCUT2D eigenvalue weighted by Crippen LogP contribution is -3.15. The van der Waals surface area contributed by atoms with Crippen molar-refractivity contribution in [3.63, 3.8) is 0 Å². The first kappa shape index (κ1) is 17.8. The topological polar surface area (TPSA) is 48.3 Å². The number of quaternary nitrogens is 1. The molecule has 3 fully saturated rings. The zero-order valence-electron chi connectivity index (χ0n) is 15.0. The van der Waals surface area contributed by atoms with Gasteiger partial charge in [0.1, 0.15) is 6.04 Å². The lowest BCUT2D eigenvalue weighted by molar-refractivity contribution is -0.900. The molecule has 1 aromatic carbocycles. The number of carbonyl (C=O) groups is 2. The fourth-order valence-electron chi connectivity index (χ4n) is 4.38. The Morgan fingerprint density at radius 1 is 1.15 bits per heavy atom. The average molecular weight is 422 g/mol. The normalized spacial score (nSPS) is 23.9. The second-order valence-electron chi connectivity index (χ2n) is 7.44. The van der Waals surface area contributed by atoms with E-state index in [1.54, 1.807) is 9.80 Å². The Morgan fingerprint density at radius 2 is 1.96 bits per heavy atom. The van der Waals surface area contributed by atoms with Crippen LogP contribution in [-0.2, 0) is 4.79 Å². The molecular weight excluding hydrogens is 396 g/mol. The summed E-state index contributed by atoms with van der Waals surface area (Å²) in [6, 6.07) is 8.23. The van der Waals surface area contributed by atoms with Crippen LogP contribution in [-0.4, -0.2) is 73.6 Å². The highest BCUT2D eigenvalue weighted by molar-refractivity contribution is 9.10. The van der Waals surface area contributed by atoms with Crippen molar-refractivity contribution in [2.45, 2.75) is 25.3 Å². The molecule has 0 unspecified atom stereocenters. The summed E-state index contributed by atoms with van der Waals surface area (Å²) < 4.78 is 1.12. The van der Waals surface area contributed by atoms with E-state index in [9.17, 15) is 9.59 Å². The van der Waals surface area contributed by atoms with Gasteiger partial charge in [0.25, 0.3) is 5.91 Å². The van der Waals surface area contributed by atoms with Gasteiger partial charge in [0.2, 0.25) is 0 Å². The summed E-state index contributed by atoms with van der Waals surface area (Å²) in [7, 11) is 0. The predicted molar refractivity (Wildman–Crippen MR) is 103 cm³/mol. The number of amides is 3. The number of rotatable bonds is 5. The monoisotopic (exact) mass is 421 g/mol. The molecule has 0 bridgehead atoms. The van der Waals surface area contributed by atoms with Crippen LogP contribution in [0.15, 0.2) is 28.7 Å². The summed E-state index contributed by atoms with van der Waals surface area (Å²) in [5, 5.41) is 0. The highest BCUT2D eigenvalue weighted by Crippen LogP contribution is 2.27. The van der Waals surface area contributed by atoms with E-state index in [0.717, 1.165) is 63.0 Å². The third-order valence-electron chi connectivity index (χ3n) is 5.84. The molecule has 3 saturated heterocycles. The van der Waals surface area contributed by atoms with Crippen LogP contribution in [0.1, 0.15) is 19.3 Å². The molecule has 26 heavy (non-hydrogen) atoms. The number of nitrogens with zero attached hydrogens (tertiary/aromatic N) is 3. The quantitative estimate of drug-likeness (QED) is 0.720. The number of anilines is 1. The Labute approximate surface area is 162 Å². The Balaban J connectivity index is 1.22. The summed E-state index contributed by atoms with van der Waals surface area (Å²) in [6.07, 6.45) is 2.69. The van der Waals surface area contributed by atoms with Gasteiger partial charge in [-0.3, -0.25) is 9.69 Å². The van der Waals surface area contributed by atoms with Gasteiger partial charge in [0.15, 0.2) is 0 Å². The number of carbonyl (C=O) groups excluding carboxylic acids is 2. The fourth-order valence-corrected chi connectivity index (χ4v) is 4.77. The minimum absolute atomic E-state index is 0.0296. The van der Waals surface area contributed by atoms with E-state index in [0.29, 0.717) is 6.54 Å². The maximum atomic E-state index is 12.4. The molecule has 0 spiro atoms. The van der Waals surface area contributed by atoms with Crippen molar-refractivity contribution in [3.8, 4) is 0 Å². The van der Waals surface area contributed by atoms with E-state index in [1.807, 2.05) is 0 Å². The van der Waals surface area contributed by atoms with Crippen molar-refractivity contribution in [1.82, 2.24) is 9.80 Å². The number of fused-ring (bicyclic) bond motifs is 1. The molecule has 1 aromatic rings. The Bertz CT molecular complexity index is 668. The summed E-state index contributed by atoms with van der Waals surface area (Å²) in [4.78, 5) is 31.9. The maximum Gasteiger partial charge on any atom is 0.327 e. The molecule has 0 saturated carbocycles. The third-order valence-corrected chi connectivity index (χ3v) is 6.33. The highest BCUT2D eigenvalue weighted by atomic mass is 79.9. The van der Waals surface area contributed by atoms with Crippen molar-refractivity contribution >= 4 is 33.6 Å². The van der Waals surface area contributed by atoms with Crippen molar-refractivity contribution in [3.05, 3.63) is 28.7 Å². The van der Waals surface area contributed by atoms with E-state index in [4.69, 9.17) is 0 Å². The first-order chi connectivity index (χ1) is 12.6. The number of benzene rings is 1. The van der Waals surface area contributed by atoms with Crippen LogP contribution in [0, 0.1) is 0 Å². The molecule has 3 aliphatic heterocycles. The van der Waals surface area contributed by atoms with E-state index < -0.39 is 0 Å². The number of imide groups is 1. The average Bonchev–Trinajstić information content (AvgIpc) is 3.22. The molecule has 140 valence electrons. The van der Waals surface area contributed by atoms with Crippen molar-refractivity contribution in [2.75, 3.05) is 50.7 Å². The van der Waals surface area contributed by atoms with Gasteiger partial charge in [0, 0.05) is 29.7 Å². The Hall–Kier alpha value is -1.60. The summed E-state index contributed by atoms with van der Waals surface area (Å²) >= 11 is 3.54. The van der Waals surface area contributed by atoms with E-state index in [-0.39, 0.29) is 18.0 Å². The number of halogens is 1. The highest BCUT2D eigenvalue weighted by Gasteiger charge is 2.46. The Kier molecular flexibility index (Phi) is 5.18. The van der Waals surface area contributed by atoms with E-state index in [1.165, 1.54) is 10.6 Å². The molecule has 1 atom stereocenters. The molecule has 0 aromatic heterocycles. The smallest absolute Gasteiger partial charge is 0.327 e.